The van der Waals surface area contributed by atoms with Crippen molar-refractivity contribution in [2.24, 2.45) is 0 Å². The van der Waals surface area contributed by atoms with Gasteiger partial charge in [-0.05, 0) is 76.9 Å². The van der Waals surface area contributed by atoms with Gasteiger partial charge in [0.05, 0.1) is 20.3 Å². The number of phenolic OH excluding ortho intramolecular Hbond substituents is 3. The molecule has 4 rings (SSSR count). The first-order valence-electron chi connectivity index (χ1n) is 16.1. The van der Waals surface area contributed by atoms with Crippen molar-refractivity contribution < 1.29 is 79.3 Å². The number of aliphatic carboxylic acids is 2. The number of aliphatic hydroxyl groups is 2. The Morgan fingerprint density at radius 1 is 0.564 bits per heavy atom. The highest BCUT2D eigenvalue weighted by atomic mass is 16.6. The van der Waals surface area contributed by atoms with Crippen molar-refractivity contribution >= 4 is 36.0 Å². The van der Waals surface area contributed by atoms with Gasteiger partial charge in [-0.3, -0.25) is 0 Å². The van der Waals surface area contributed by atoms with Crippen LogP contribution in [0.25, 0.3) is 12.2 Å². The average molecular weight is 763 g/mol. The molecule has 4 aromatic carbocycles. The number of carboxylic acids is 2. The number of hydrogen-bond donors (Lipinski definition) is 9. The maximum Gasteiger partial charge on any atom is 0.345 e. The van der Waals surface area contributed by atoms with E-state index >= 15 is 0 Å². The van der Waals surface area contributed by atoms with Crippen molar-refractivity contribution in [2.45, 2.75) is 38.3 Å². The van der Waals surface area contributed by atoms with Gasteiger partial charge in [0.1, 0.15) is 11.5 Å². The summed E-state index contributed by atoms with van der Waals surface area (Å²) >= 11 is 0. The van der Waals surface area contributed by atoms with Crippen LogP contribution in [0, 0.1) is 0 Å². The summed E-state index contributed by atoms with van der Waals surface area (Å²) in [7, 11) is 1.41. The lowest BCUT2D eigenvalue weighted by molar-refractivity contribution is -0.160. The van der Waals surface area contributed by atoms with E-state index in [0.29, 0.717) is 27.8 Å². The molecule has 0 aliphatic rings. The van der Waals surface area contributed by atoms with Crippen LogP contribution in [0.3, 0.4) is 0 Å². The minimum atomic E-state index is -1.48. The Kier molecular flexibility index (Phi) is 15.6. The molecule has 0 saturated heterocycles. The van der Waals surface area contributed by atoms with Crippen molar-refractivity contribution in [1.29, 1.82) is 0 Å². The number of hydrogen-bond acceptors (Lipinski definition) is 14. The van der Waals surface area contributed by atoms with E-state index in [1.165, 1.54) is 86.0 Å². The third-order valence-electron chi connectivity index (χ3n) is 7.57. The van der Waals surface area contributed by atoms with E-state index in [4.69, 9.17) is 24.4 Å². The van der Waals surface area contributed by atoms with Crippen LogP contribution in [-0.4, -0.2) is 89.2 Å². The zero-order chi connectivity index (χ0) is 40.7. The molecule has 0 amide bonds. The molecule has 2 atom stereocenters. The lowest BCUT2D eigenvalue weighted by atomic mass is 10.0. The van der Waals surface area contributed by atoms with Crippen LogP contribution in [-0.2, 0) is 54.7 Å². The van der Waals surface area contributed by atoms with Crippen LogP contribution in [0.4, 0.5) is 0 Å². The second-order valence-electron chi connectivity index (χ2n) is 11.5. The Labute approximate surface area is 313 Å². The maximum atomic E-state index is 12.0. The number of rotatable bonds is 15. The lowest BCUT2D eigenvalue weighted by Crippen LogP contribution is -2.28. The van der Waals surface area contributed by atoms with Gasteiger partial charge in [0, 0.05) is 36.1 Å². The van der Waals surface area contributed by atoms with E-state index in [-0.39, 0.29) is 59.5 Å². The largest absolute Gasteiger partial charge is 0.508 e. The number of carbonyl (C=O) groups excluding carboxylic acids is 2. The minimum absolute atomic E-state index is 0.103. The van der Waals surface area contributed by atoms with Gasteiger partial charge in [-0.1, -0.05) is 30.3 Å². The topological polar surface area (TPSA) is 278 Å². The number of esters is 2. The second kappa shape index (κ2) is 20.3. The summed E-state index contributed by atoms with van der Waals surface area (Å²) in [6, 6.07) is 16.9. The number of aliphatic hydroxyl groups excluding tert-OH is 2. The standard InChI is InChI=1S/C20H20O8.C19H18O8/c1-27-17-6-3-12(9-16(17)23)4-7-19(24)28-18(20(25)26)10-13-2-5-15(22)14(8-13)11-21;20-10-13-4-1-12(8-15(13)22)9-17(19(25)26)27-18(24)6-3-11-2-5-14(21)16(23)7-11/h2-9,18,21-23H,10-11H2,1H3,(H,25,26);1-8,17,20-23H,9-10H2,(H,25,26)/b7-4+;6-3+. The highest BCUT2D eigenvalue weighted by Crippen LogP contribution is 2.27. The lowest BCUT2D eigenvalue weighted by Gasteiger charge is -2.13. The summed E-state index contributed by atoms with van der Waals surface area (Å²) in [5.74, 6) is -5.26. The van der Waals surface area contributed by atoms with Gasteiger partial charge in [-0.25, -0.2) is 19.2 Å². The highest BCUT2D eigenvalue weighted by Gasteiger charge is 2.23. The fourth-order valence-electron chi connectivity index (χ4n) is 4.69. The molecular weight excluding hydrogens is 724 g/mol. The maximum absolute atomic E-state index is 12.0. The van der Waals surface area contributed by atoms with Gasteiger partial charge in [0.25, 0.3) is 0 Å². The van der Waals surface area contributed by atoms with Gasteiger partial charge in [0.2, 0.25) is 12.2 Å². The number of aromatic hydroxyl groups is 5. The summed E-state index contributed by atoms with van der Waals surface area (Å²) in [6.45, 7) is -0.768. The number of benzene rings is 4. The Morgan fingerprint density at radius 3 is 1.53 bits per heavy atom. The predicted octanol–water partition coefficient (Wildman–Crippen LogP) is 3.40. The second-order valence-corrected chi connectivity index (χ2v) is 11.5. The highest BCUT2D eigenvalue weighted by molar-refractivity contribution is 5.90. The fourth-order valence-corrected chi connectivity index (χ4v) is 4.69. The number of carbonyl (C=O) groups is 4. The zero-order valence-corrected chi connectivity index (χ0v) is 29.1. The number of ether oxygens (including phenoxy) is 3. The monoisotopic (exact) mass is 762 g/mol. The zero-order valence-electron chi connectivity index (χ0n) is 29.1. The van der Waals surface area contributed by atoms with Crippen LogP contribution in [0.5, 0.6) is 34.5 Å². The van der Waals surface area contributed by atoms with Crippen LogP contribution in [0.15, 0.2) is 84.9 Å². The molecule has 0 heterocycles. The molecule has 0 aliphatic carbocycles. The van der Waals surface area contributed by atoms with Crippen molar-refractivity contribution in [3.8, 4) is 34.5 Å². The third kappa shape index (κ3) is 13.2. The van der Waals surface area contributed by atoms with Crippen LogP contribution in [0.2, 0.25) is 0 Å². The van der Waals surface area contributed by atoms with E-state index in [2.05, 4.69) is 0 Å². The SMILES string of the molecule is COc1ccc(/C=C/C(=O)OC(Cc2ccc(O)c(CO)c2)C(=O)O)cc1O.O=C(/C=C/c1ccc(O)c(O)c1)OC(Cc1ccc(CO)c(O)c1)C(=O)O. The van der Waals surface area contributed by atoms with E-state index in [9.17, 15) is 54.9 Å². The molecule has 0 bridgehead atoms. The van der Waals surface area contributed by atoms with Gasteiger partial charge in [-0.2, -0.15) is 0 Å². The first-order valence-corrected chi connectivity index (χ1v) is 16.1. The molecule has 0 fully saturated rings. The summed E-state index contributed by atoms with van der Waals surface area (Å²) in [5, 5.41) is 84.3. The number of carboxylic acid groups (broad SMARTS) is 2. The summed E-state index contributed by atoms with van der Waals surface area (Å²) in [4.78, 5) is 46.6. The normalized spacial score (nSPS) is 12.0. The van der Waals surface area contributed by atoms with Crippen molar-refractivity contribution in [2.75, 3.05) is 7.11 Å². The molecule has 16 heteroatoms. The Hall–Kier alpha value is -7.04. The molecule has 0 radical (unpaired) electrons. The summed E-state index contributed by atoms with van der Waals surface area (Å²) in [6.07, 6.45) is 1.47. The van der Waals surface area contributed by atoms with Crippen LogP contribution >= 0.6 is 0 Å². The first-order chi connectivity index (χ1) is 26.1. The molecule has 16 nitrogen and oxygen atoms in total. The van der Waals surface area contributed by atoms with Gasteiger partial charge >= 0.3 is 23.9 Å². The Morgan fingerprint density at radius 2 is 1.05 bits per heavy atom. The Balaban J connectivity index is 0.000000296. The number of phenols is 5. The molecule has 9 N–H and O–H groups in total. The molecule has 0 spiro atoms. The summed E-state index contributed by atoms with van der Waals surface area (Å²) in [5.41, 5.74) is 2.32. The smallest absolute Gasteiger partial charge is 0.345 e. The fraction of sp³-hybridized carbons (Fsp3) is 0.179. The van der Waals surface area contributed by atoms with E-state index < -0.39 is 42.7 Å². The van der Waals surface area contributed by atoms with Crippen molar-refractivity contribution in [3.63, 3.8) is 0 Å². The molecule has 290 valence electrons. The molecule has 0 aliphatic heterocycles. The van der Waals surface area contributed by atoms with Crippen LogP contribution in [0.1, 0.15) is 33.4 Å². The van der Waals surface area contributed by atoms with Gasteiger partial charge in [-0.15, -0.1) is 0 Å². The quantitative estimate of drug-likeness (QED) is 0.0477. The van der Waals surface area contributed by atoms with Gasteiger partial charge in [0.15, 0.2) is 23.0 Å². The molecular formula is C39H38O16. The van der Waals surface area contributed by atoms with E-state index in [1.54, 1.807) is 6.07 Å². The Bertz CT molecular complexity index is 2050. The molecule has 4 aromatic rings. The van der Waals surface area contributed by atoms with Gasteiger partial charge < -0.3 is 60.2 Å². The van der Waals surface area contributed by atoms with Crippen LogP contribution < -0.4 is 4.74 Å². The summed E-state index contributed by atoms with van der Waals surface area (Å²) < 4.78 is 14.8. The van der Waals surface area contributed by atoms with E-state index in [0.717, 1.165) is 12.2 Å². The van der Waals surface area contributed by atoms with Crippen molar-refractivity contribution in [1.82, 2.24) is 0 Å². The third-order valence-corrected chi connectivity index (χ3v) is 7.57. The first kappa shape index (κ1) is 42.4. The molecule has 0 aromatic heterocycles. The minimum Gasteiger partial charge on any atom is -0.508 e. The van der Waals surface area contributed by atoms with E-state index in [1.807, 2.05) is 0 Å². The number of methoxy groups -OCH3 is 1. The predicted molar refractivity (Wildman–Crippen MR) is 193 cm³/mol. The molecule has 55 heavy (non-hydrogen) atoms. The molecule has 2 unspecified atom stereocenters. The van der Waals surface area contributed by atoms with Crippen molar-refractivity contribution in [3.05, 3.63) is 118 Å². The molecule has 0 saturated carbocycles. The average Bonchev–Trinajstić information content (AvgIpc) is 3.15.